The minimum atomic E-state index is -0.783. The zero-order valence-corrected chi connectivity index (χ0v) is 22.2. The number of hydrogen-bond donors (Lipinski definition) is 3. The molecule has 188 valence electrons. The van der Waals surface area contributed by atoms with Gasteiger partial charge < -0.3 is 20.4 Å². The van der Waals surface area contributed by atoms with Crippen LogP contribution in [0, 0.1) is 18.3 Å². The molecule has 0 saturated carbocycles. The van der Waals surface area contributed by atoms with Gasteiger partial charge >= 0.3 is 0 Å². The number of thioether (sulfide) groups is 1. The summed E-state index contributed by atoms with van der Waals surface area (Å²) in [5, 5.41) is 20.1. The lowest BCUT2D eigenvalue weighted by molar-refractivity contribution is -0.114. The van der Waals surface area contributed by atoms with Gasteiger partial charge in [0.05, 0.1) is 50.9 Å². The van der Waals surface area contributed by atoms with E-state index in [0.717, 1.165) is 5.56 Å². The van der Waals surface area contributed by atoms with Gasteiger partial charge in [0, 0.05) is 16.4 Å². The quantitative estimate of drug-likeness (QED) is 0.304. The van der Waals surface area contributed by atoms with Gasteiger partial charge in [-0.15, -0.1) is 0 Å². The molecule has 1 aromatic heterocycles. The van der Waals surface area contributed by atoms with Crippen molar-refractivity contribution in [1.82, 2.24) is 5.32 Å². The molecular formula is C27H22Cl2N4O3S. The molecule has 0 saturated heterocycles. The van der Waals surface area contributed by atoms with Gasteiger partial charge in [0.1, 0.15) is 5.76 Å². The third-order valence-electron chi connectivity index (χ3n) is 5.55. The summed E-state index contributed by atoms with van der Waals surface area (Å²) in [4.78, 5) is 26.0. The molecule has 0 unspecified atom stereocenters. The Balaban J connectivity index is 1.59. The first-order chi connectivity index (χ1) is 17.8. The van der Waals surface area contributed by atoms with Crippen LogP contribution < -0.4 is 16.0 Å². The normalized spacial score (nSPS) is 15.2. The maximum atomic E-state index is 13.4. The van der Waals surface area contributed by atoms with Gasteiger partial charge in [0.15, 0.2) is 0 Å². The summed E-state index contributed by atoms with van der Waals surface area (Å²) in [5.41, 5.74) is 3.18. The van der Waals surface area contributed by atoms with Gasteiger partial charge in [-0.2, -0.15) is 5.26 Å². The van der Waals surface area contributed by atoms with Gasteiger partial charge in [-0.25, -0.2) is 0 Å². The van der Waals surface area contributed by atoms with Gasteiger partial charge in [0.25, 0.3) is 5.91 Å². The summed E-state index contributed by atoms with van der Waals surface area (Å²) in [6, 6.07) is 17.8. The SMILES string of the molecule is CC1=C(C(=O)Nc2ccc(Cl)cc2Cl)[C@H](c2ccco2)C(C#N)=C(SCC(=O)Nc2cccc(C)c2)N1. The first-order valence-corrected chi connectivity index (χ1v) is 12.9. The molecule has 2 amide bonds. The number of nitriles is 1. The third-order valence-corrected chi connectivity index (χ3v) is 7.11. The Morgan fingerprint density at radius 2 is 1.92 bits per heavy atom. The molecule has 0 aliphatic carbocycles. The fourth-order valence-corrected chi connectivity index (χ4v) is 5.25. The van der Waals surface area contributed by atoms with Crippen molar-refractivity contribution in [1.29, 1.82) is 5.26 Å². The number of hydrogen-bond acceptors (Lipinski definition) is 6. The van der Waals surface area contributed by atoms with Gasteiger partial charge in [0.2, 0.25) is 5.91 Å². The van der Waals surface area contributed by atoms with E-state index >= 15 is 0 Å². The molecule has 2 aromatic carbocycles. The average molecular weight is 553 g/mol. The highest BCUT2D eigenvalue weighted by molar-refractivity contribution is 8.03. The number of carbonyl (C=O) groups excluding carboxylic acids is 2. The number of anilines is 2. The number of benzene rings is 2. The maximum absolute atomic E-state index is 13.4. The molecule has 37 heavy (non-hydrogen) atoms. The predicted molar refractivity (Wildman–Crippen MR) is 147 cm³/mol. The van der Waals surface area contributed by atoms with Crippen molar-refractivity contribution in [3.8, 4) is 6.07 Å². The summed E-state index contributed by atoms with van der Waals surface area (Å²) in [5.74, 6) is -0.979. The minimum absolute atomic E-state index is 0.0571. The van der Waals surface area contributed by atoms with Crippen molar-refractivity contribution in [2.45, 2.75) is 19.8 Å². The van der Waals surface area contributed by atoms with Gasteiger partial charge in [-0.05, 0) is 61.9 Å². The van der Waals surface area contributed by atoms with Crippen molar-refractivity contribution in [2.24, 2.45) is 0 Å². The van der Waals surface area contributed by atoms with Crippen LogP contribution in [0.25, 0.3) is 0 Å². The standard InChI is InChI=1S/C27H22Cl2N4O3S/c1-15-5-3-6-18(11-15)32-23(34)14-37-27-19(13-30)25(22-7-4-10-36-22)24(16(2)31-27)26(35)33-21-9-8-17(28)12-20(21)29/h3-12,25,31H,14H2,1-2H3,(H,32,34)(H,33,35)/t25-/m0/s1. The summed E-state index contributed by atoms with van der Waals surface area (Å²) in [7, 11) is 0. The zero-order valence-electron chi connectivity index (χ0n) is 19.9. The Morgan fingerprint density at radius 1 is 1.11 bits per heavy atom. The second kappa shape index (κ2) is 11.6. The number of nitrogens with one attached hydrogen (secondary N) is 3. The second-order valence-corrected chi connectivity index (χ2v) is 10.1. The van der Waals surface area contributed by atoms with Crippen LogP contribution in [0.2, 0.25) is 10.0 Å². The zero-order chi connectivity index (χ0) is 26.5. The van der Waals surface area contributed by atoms with E-state index in [0.29, 0.717) is 38.5 Å². The highest BCUT2D eigenvalue weighted by atomic mass is 35.5. The van der Waals surface area contributed by atoms with E-state index in [9.17, 15) is 14.9 Å². The molecule has 2 heterocycles. The molecule has 3 N–H and O–H groups in total. The monoisotopic (exact) mass is 552 g/mol. The number of nitrogens with zero attached hydrogens (tertiary/aromatic N) is 1. The van der Waals surface area contributed by atoms with E-state index in [4.69, 9.17) is 27.6 Å². The highest BCUT2D eigenvalue weighted by Gasteiger charge is 2.36. The molecule has 10 heteroatoms. The Hall–Kier alpha value is -3.64. The van der Waals surface area contributed by atoms with Crippen LogP contribution in [0.3, 0.4) is 0 Å². The Labute approximate surface area is 228 Å². The topological polar surface area (TPSA) is 107 Å². The fourth-order valence-electron chi connectivity index (χ4n) is 3.91. The van der Waals surface area contributed by atoms with Crippen LogP contribution in [-0.2, 0) is 9.59 Å². The summed E-state index contributed by atoms with van der Waals surface area (Å²) in [6.45, 7) is 3.68. The molecule has 7 nitrogen and oxygen atoms in total. The Bertz CT molecular complexity index is 1460. The smallest absolute Gasteiger partial charge is 0.254 e. The van der Waals surface area contributed by atoms with Gasteiger partial charge in [-0.3, -0.25) is 9.59 Å². The van der Waals surface area contributed by atoms with E-state index in [1.807, 2.05) is 31.2 Å². The van der Waals surface area contributed by atoms with Crippen LogP contribution in [0.15, 0.2) is 87.1 Å². The van der Waals surface area contributed by atoms with E-state index in [1.165, 1.54) is 24.1 Å². The Morgan fingerprint density at radius 3 is 2.59 bits per heavy atom. The van der Waals surface area contributed by atoms with Crippen LogP contribution in [0.5, 0.6) is 0 Å². The van der Waals surface area contributed by atoms with Crippen LogP contribution in [-0.4, -0.2) is 17.6 Å². The molecule has 1 atom stereocenters. The van der Waals surface area contributed by atoms with Crippen molar-refractivity contribution in [2.75, 3.05) is 16.4 Å². The first-order valence-electron chi connectivity index (χ1n) is 11.2. The molecule has 3 aromatic rings. The lowest BCUT2D eigenvalue weighted by atomic mass is 9.85. The highest BCUT2D eigenvalue weighted by Crippen LogP contribution is 2.41. The molecule has 0 fully saturated rings. The molecular weight excluding hydrogens is 531 g/mol. The predicted octanol–water partition coefficient (Wildman–Crippen LogP) is 6.60. The molecule has 1 aliphatic rings. The number of rotatable bonds is 7. The van der Waals surface area contributed by atoms with Crippen LogP contribution in [0.4, 0.5) is 11.4 Å². The maximum Gasteiger partial charge on any atom is 0.254 e. The summed E-state index contributed by atoms with van der Waals surface area (Å²) in [6.07, 6.45) is 1.48. The minimum Gasteiger partial charge on any atom is -0.468 e. The number of carbonyl (C=O) groups is 2. The molecule has 0 radical (unpaired) electrons. The van der Waals surface area contributed by atoms with Crippen molar-refractivity contribution < 1.29 is 14.0 Å². The number of halogens is 2. The second-order valence-electron chi connectivity index (χ2n) is 8.25. The molecule has 1 aliphatic heterocycles. The molecule has 0 bridgehead atoms. The third kappa shape index (κ3) is 6.20. The van der Waals surface area contributed by atoms with E-state index in [-0.39, 0.29) is 22.3 Å². The number of furan rings is 1. The van der Waals surface area contributed by atoms with Crippen molar-refractivity contribution in [3.05, 3.63) is 104 Å². The number of amides is 2. The van der Waals surface area contributed by atoms with E-state index in [2.05, 4.69) is 22.0 Å². The number of dihydropyridines is 1. The molecule has 4 rings (SSSR count). The van der Waals surface area contributed by atoms with E-state index in [1.54, 1.807) is 31.2 Å². The lowest BCUT2D eigenvalue weighted by Gasteiger charge is -2.28. The van der Waals surface area contributed by atoms with Crippen LogP contribution >= 0.6 is 35.0 Å². The molecule has 0 spiro atoms. The van der Waals surface area contributed by atoms with Crippen LogP contribution in [0.1, 0.15) is 24.2 Å². The van der Waals surface area contributed by atoms with Crippen molar-refractivity contribution >= 4 is 58.2 Å². The summed E-state index contributed by atoms with van der Waals surface area (Å²) < 4.78 is 5.63. The van der Waals surface area contributed by atoms with E-state index < -0.39 is 11.8 Å². The summed E-state index contributed by atoms with van der Waals surface area (Å²) >= 11 is 13.4. The van der Waals surface area contributed by atoms with Gasteiger partial charge in [-0.1, -0.05) is 47.1 Å². The fraction of sp³-hybridized carbons (Fsp3) is 0.148. The average Bonchev–Trinajstić information content (AvgIpc) is 3.38. The number of aryl methyl sites for hydroxylation is 1. The van der Waals surface area contributed by atoms with Crippen molar-refractivity contribution in [3.63, 3.8) is 0 Å². The Kier molecular flexibility index (Phi) is 8.29. The number of allylic oxidation sites excluding steroid dienone is 2. The lowest BCUT2D eigenvalue weighted by Crippen LogP contribution is -2.31. The largest absolute Gasteiger partial charge is 0.468 e. The first kappa shape index (κ1) is 26.4.